The number of esters is 1. The third kappa shape index (κ3) is 11.3. The van der Waals surface area contributed by atoms with Gasteiger partial charge in [-0.05, 0) is 32.1 Å². The highest BCUT2D eigenvalue weighted by Gasteiger charge is 2.01. The van der Waals surface area contributed by atoms with E-state index in [9.17, 15) is 4.79 Å². The summed E-state index contributed by atoms with van der Waals surface area (Å²) < 4.78 is 5.07. The molecule has 0 saturated heterocycles. The maximum atomic E-state index is 11.2. The van der Waals surface area contributed by atoms with Crippen LogP contribution in [0, 0.1) is 0 Å². The average molecular weight is 226 g/mol. The van der Waals surface area contributed by atoms with Crippen LogP contribution in [0.15, 0.2) is 12.2 Å². The van der Waals surface area contributed by atoms with Crippen molar-refractivity contribution in [1.29, 1.82) is 0 Å². The Kier molecular flexibility index (Phi) is 11.7. The quantitative estimate of drug-likeness (QED) is 0.316. The average Bonchev–Trinajstić information content (AvgIpc) is 2.28. The summed E-state index contributed by atoms with van der Waals surface area (Å²) in [6.07, 6.45) is 12.6. The third-order valence-corrected chi connectivity index (χ3v) is 2.42. The van der Waals surface area contributed by atoms with Gasteiger partial charge in [-0.25, -0.2) is 0 Å². The van der Waals surface area contributed by atoms with Gasteiger partial charge in [0.2, 0.25) is 0 Å². The molecule has 0 heterocycles. The number of allylic oxidation sites excluding steroid dienone is 2. The number of hydrogen-bond donors (Lipinski definition) is 0. The highest BCUT2D eigenvalue weighted by molar-refractivity contribution is 5.69. The first-order valence-corrected chi connectivity index (χ1v) is 6.61. The molecule has 2 heteroatoms. The number of carbonyl (C=O) groups is 1. The van der Waals surface area contributed by atoms with E-state index >= 15 is 0 Å². The predicted octanol–water partition coefficient (Wildman–Crippen LogP) is 4.25. The van der Waals surface area contributed by atoms with Crippen LogP contribution in [0.5, 0.6) is 0 Å². The Morgan fingerprint density at radius 3 is 2.56 bits per heavy atom. The molecule has 0 aliphatic carbocycles. The van der Waals surface area contributed by atoms with E-state index in [0.717, 1.165) is 38.5 Å². The molecule has 0 saturated carbocycles. The molecule has 0 aliphatic rings. The maximum absolute atomic E-state index is 11.2. The zero-order valence-electron chi connectivity index (χ0n) is 10.8. The summed E-state index contributed by atoms with van der Waals surface area (Å²) in [6.45, 7) is 4.83. The topological polar surface area (TPSA) is 26.3 Å². The highest BCUT2D eigenvalue weighted by atomic mass is 16.5. The molecule has 0 aromatic rings. The van der Waals surface area contributed by atoms with Crippen molar-refractivity contribution in [3.05, 3.63) is 12.2 Å². The second kappa shape index (κ2) is 12.3. The van der Waals surface area contributed by atoms with Gasteiger partial charge in [-0.1, -0.05) is 38.8 Å². The minimum atomic E-state index is -0.0300. The molecule has 0 N–H and O–H groups in total. The minimum Gasteiger partial charge on any atom is -0.466 e. The van der Waals surface area contributed by atoms with Gasteiger partial charge in [-0.15, -0.1) is 0 Å². The van der Waals surface area contributed by atoms with Crippen LogP contribution in [0.25, 0.3) is 0 Å². The second-order valence-electron chi connectivity index (χ2n) is 4.05. The van der Waals surface area contributed by atoms with Gasteiger partial charge >= 0.3 is 5.97 Å². The molecule has 0 aromatic carbocycles. The van der Waals surface area contributed by atoms with Crippen molar-refractivity contribution in [2.75, 3.05) is 6.61 Å². The van der Waals surface area contributed by atoms with E-state index in [1.807, 2.05) is 0 Å². The molecule has 0 atom stereocenters. The van der Waals surface area contributed by atoms with Crippen molar-refractivity contribution in [3.8, 4) is 0 Å². The van der Waals surface area contributed by atoms with Crippen LogP contribution in [0.4, 0.5) is 0 Å². The van der Waals surface area contributed by atoms with E-state index in [1.54, 1.807) is 0 Å². The van der Waals surface area contributed by atoms with Crippen molar-refractivity contribution in [2.45, 2.75) is 65.2 Å². The fourth-order valence-electron chi connectivity index (χ4n) is 1.40. The lowest BCUT2D eigenvalue weighted by Gasteiger charge is -2.03. The molecule has 2 nitrogen and oxygen atoms in total. The van der Waals surface area contributed by atoms with Crippen molar-refractivity contribution in [2.24, 2.45) is 0 Å². The molecule has 0 bridgehead atoms. The maximum Gasteiger partial charge on any atom is 0.305 e. The number of carbonyl (C=O) groups excluding carboxylic acids is 1. The van der Waals surface area contributed by atoms with Gasteiger partial charge in [0, 0.05) is 6.42 Å². The van der Waals surface area contributed by atoms with Gasteiger partial charge < -0.3 is 4.74 Å². The number of hydrogen-bond acceptors (Lipinski definition) is 2. The minimum absolute atomic E-state index is 0.0300. The molecule has 0 fully saturated rings. The van der Waals surface area contributed by atoms with Gasteiger partial charge in [-0.3, -0.25) is 4.79 Å². The summed E-state index contributed by atoms with van der Waals surface area (Å²) in [6, 6.07) is 0. The van der Waals surface area contributed by atoms with Gasteiger partial charge in [0.15, 0.2) is 0 Å². The number of ether oxygens (including phenoxy) is 1. The molecule has 0 amide bonds. The van der Waals surface area contributed by atoms with Crippen molar-refractivity contribution < 1.29 is 9.53 Å². The first kappa shape index (κ1) is 15.2. The molecule has 0 aliphatic heterocycles. The SMILES string of the molecule is CC/C=C/CCCCCC(=O)OCCCC. The molecular formula is C14H26O2. The van der Waals surface area contributed by atoms with Gasteiger partial charge in [0.05, 0.1) is 6.61 Å². The largest absolute Gasteiger partial charge is 0.466 e. The smallest absolute Gasteiger partial charge is 0.305 e. The fourth-order valence-corrected chi connectivity index (χ4v) is 1.40. The summed E-state index contributed by atoms with van der Waals surface area (Å²) in [5.74, 6) is -0.0300. The summed E-state index contributed by atoms with van der Waals surface area (Å²) in [5, 5.41) is 0. The van der Waals surface area contributed by atoms with Crippen LogP contribution in [0.1, 0.15) is 65.2 Å². The summed E-state index contributed by atoms with van der Waals surface area (Å²) >= 11 is 0. The Labute approximate surface area is 100 Å². The Balaban J connectivity index is 3.18. The molecular weight excluding hydrogens is 200 g/mol. The second-order valence-corrected chi connectivity index (χ2v) is 4.05. The predicted molar refractivity (Wildman–Crippen MR) is 68.4 cm³/mol. The number of unbranched alkanes of at least 4 members (excludes halogenated alkanes) is 4. The molecule has 94 valence electrons. The lowest BCUT2D eigenvalue weighted by molar-refractivity contribution is -0.143. The fraction of sp³-hybridized carbons (Fsp3) is 0.786. The molecule has 0 spiro atoms. The molecule has 0 radical (unpaired) electrons. The Bertz CT molecular complexity index is 185. The normalized spacial score (nSPS) is 10.9. The number of rotatable bonds is 10. The van der Waals surface area contributed by atoms with Crippen molar-refractivity contribution in [1.82, 2.24) is 0 Å². The molecule has 0 rings (SSSR count). The Morgan fingerprint density at radius 2 is 1.88 bits per heavy atom. The summed E-state index contributed by atoms with van der Waals surface area (Å²) in [5.41, 5.74) is 0. The lowest BCUT2D eigenvalue weighted by atomic mass is 10.1. The molecule has 0 aromatic heterocycles. The van der Waals surface area contributed by atoms with Crippen LogP contribution >= 0.6 is 0 Å². The van der Waals surface area contributed by atoms with Crippen LogP contribution < -0.4 is 0 Å². The third-order valence-electron chi connectivity index (χ3n) is 2.42. The molecule has 0 unspecified atom stereocenters. The van der Waals surface area contributed by atoms with Gasteiger partial charge in [0.25, 0.3) is 0 Å². The van der Waals surface area contributed by atoms with E-state index in [1.165, 1.54) is 6.42 Å². The van der Waals surface area contributed by atoms with E-state index in [4.69, 9.17) is 4.74 Å². The summed E-state index contributed by atoms with van der Waals surface area (Å²) in [4.78, 5) is 11.2. The summed E-state index contributed by atoms with van der Waals surface area (Å²) in [7, 11) is 0. The zero-order valence-corrected chi connectivity index (χ0v) is 10.8. The highest BCUT2D eigenvalue weighted by Crippen LogP contribution is 2.05. The Morgan fingerprint density at radius 1 is 1.06 bits per heavy atom. The van der Waals surface area contributed by atoms with Crippen LogP contribution in [0.3, 0.4) is 0 Å². The van der Waals surface area contributed by atoms with E-state index in [0.29, 0.717) is 13.0 Å². The molecule has 16 heavy (non-hydrogen) atoms. The standard InChI is InChI=1S/C14H26O2/c1-3-5-7-8-9-10-11-12-14(15)16-13-6-4-2/h5,7H,3-4,6,8-13H2,1-2H3/b7-5+. The first-order valence-electron chi connectivity index (χ1n) is 6.61. The Hall–Kier alpha value is -0.790. The van der Waals surface area contributed by atoms with Crippen LogP contribution in [0.2, 0.25) is 0 Å². The first-order chi connectivity index (χ1) is 7.81. The monoisotopic (exact) mass is 226 g/mol. The van der Waals surface area contributed by atoms with E-state index in [-0.39, 0.29) is 5.97 Å². The van der Waals surface area contributed by atoms with Crippen LogP contribution in [-0.4, -0.2) is 12.6 Å². The van der Waals surface area contributed by atoms with E-state index < -0.39 is 0 Å². The van der Waals surface area contributed by atoms with Crippen LogP contribution in [-0.2, 0) is 9.53 Å². The van der Waals surface area contributed by atoms with Gasteiger partial charge in [-0.2, -0.15) is 0 Å². The zero-order chi connectivity index (χ0) is 12.1. The van der Waals surface area contributed by atoms with Crippen molar-refractivity contribution in [3.63, 3.8) is 0 Å². The van der Waals surface area contributed by atoms with Crippen molar-refractivity contribution >= 4 is 5.97 Å². The lowest BCUT2D eigenvalue weighted by Crippen LogP contribution is -2.05. The van der Waals surface area contributed by atoms with Gasteiger partial charge in [0.1, 0.15) is 0 Å². The van der Waals surface area contributed by atoms with E-state index in [2.05, 4.69) is 26.0 Å².